The van der Waals surface area contributed by atoms with E-state index in [1.54, 1.807) is 5.19 Å². The van der Waals surface area contributed by atoms with Crippen LogP contribution in [0.4, 0.5) is 11.4 Å². The molecule has 1 aliphatic rings. The van der Waals surface area contributed by atoms with Crippen molar-refractivity contribution in [1.82, 2.24) is 0 Å². The smallest absolute Gasteiger partial charge is 0.113 e. The molecular weight excluding hydrogens is 414 g/mol. The zero-order valence-electron chi connectivity index (χ0n) is 20.2. The second kappa shape index (κ2) is 8.20. The zero-order valence-corrected chi connectivity index (χ0v) is 21.2. The van der Waals surface area contributed by atoms with Crippen LogP contribution in [0.15, 0.2) is 97.1 Å². The van der Waals surface area contributed by atoms with Crippen LogP contribution in [0.25, 0.3) is 27.8 Å². The molecule has 33 heavy (non-hydrogen) atoms. The van der Waals surface area contributed by atoms with E-state index >= 15 is 0 Å². The van der Waals surface area contributed by atoms with Crippen LogP contribution in [0.3, 0.4) is 0 Å². The van der Waals surface area contributed by atoms with E-state index in [0.29, 0.717) is 0 Å². The molecule has 0 saturated heterocycles. The molecule has 0 aliphatic carbocycles. The van der Waals surface area contributed by atoms with Crippen molar-refractivity contribution in [1.29, 1.82) is 0 Å². The van der Waals surface area contributed by atoms with Crippen molar-refractivity contribution in [3.63, 3.8) is 0 Å². The number of rotatable bonds is 4. The van der Waals surface area contributed by atoms with Gasteiger partial charge in [0.25, 0.3) is 0 Å². The maximum Gasteiger partial charge on any atom is 0.113 e. The summed E-state index contributed by atoms with van der Waals surface area (Å²) in [4.78, 5) is 2.39. The van der Waals surface area contributed by atoms with Gasteiger partial charge in [0, 0.05) is 23.9 Å². The largest absolute Gasteiger partial charge is 0.344 e. The number of hydrogen-bond donors (Lipinski definition) is 0. The Kier molecular flexibility index (Phi) is 5.34. The lowest BCUT2D eigenvalue weighted by Gasteiger charge is -2.28. The Morgan fingerprint density at radius 3 is 2.15 bits per heavy atom. The fourth-order valence-corrected chi connectivity index (χ4v) is 8.35. The van der Waals surface area contributed by atoms with Crippen LogP contribution in [0, 0.1) is 0 Å². The summed E-state index contributed by atoms with van der Waals surface area (Å²) in [7, 11) is 0.497. The standard InChI is InChI=1S/C31H31NSi/c1-6-22(2)25-16-12-17-26(23-13-8-7-9-14-23)31(25)32(3)24-19-20-28-27-15-10-11-18-29(27)33(4,5)30(28)21-24/h6-21H,1-5H3/b22-6+. The van der Waals surface area contributed by atoms with Crippen LogP contribution in [-0.4, -0.2) is 15.1 Å². The number of anilines is 2. The second-order valence-electron chi connectivity index (χ2n) is 9.50. The molecule has 0 bridgehead atoms. The van der Waals surface area contributed by atoms with Crippen LogP contribution in [0.5, 0.6) is 0 Å². The van der Waals surface area contributed by atoms with Crippen molar-refractivity contribution >= 4 is 35.4 Å². The van der Waals surface area contributed by atoms with E-state index < -0.39 is 8.07 Å². The molecule has 1 aliphatic heterocycles. The number of para-hydroxylation sites is 1. The lowest BCUT2D eigenvalue weighted by Crippen LogP contribution is -2.49. The van der Waals surface area contributed by atoms with Gasteiger partial charge in [0.05, 0.1) is 5.69 Å². The molecule has 5 rings (SSSR count). The van der Waals surface area contributed by atoms with Gasteiger partial charge in [-0.2, -0.15) is 0 Å². The van der Waals surface area contributed by atoms with Crippen molar-refractivity contribution in [2.75, 3.05) is 11.9 Å². The minimum absolute atomic E-state index is 1.24. The predicted molar refractivity (Wildman–Crippen MR) is 148 cm³/mol. The third-order valence-corrected chi connectivity index (χ3v) is 10.8. The summed E-state index contributed by atoms with van der Waals surface area (Å²) in [6, 6.07) is 33.5. The quantitative estimate of drug-likeness (QED) is 0.297. The van der Waals surface area contributed by atoms with Gasteiger partial charge in [0.1, 0.15) is 8.07 Å². The van der Waals surface area contributed by atoms with Crippen LogP contribution in [0.2, 0.25) is 13.1 Å². The predicted octanol–water partition coefficient (Wildman–Crippen LogP) is 7.35. The van der Waals surface area contributed by atoms with Gasteiger partial charge in [0.2, 0.25) is 0 Å². The van der Waals surface area contributed by atoms with Crippen molar-refractivity contribution in [2.45, 2.75) is 26.9 Å². The average molecular weight is 446 g/mol. The van der Waals surface area contributed by atoms with E-state index in [4.69, 9.17) is 0 Å². The first-order valence-corrected chi connectivity index (χ1v) is 14.7. The Labute approximate surface area is 199 Å². The van der Waals surface area contributed by atoms with Crippen LogP contribution in [0.1, 0.15) is 19.4 Å². The van der Waals surface area contributed by atoms with E-state index in [1.807, 2.05) is 0 Å². The van der Waals surface area contributed by atoms with Gasteiger partial charge in [-0.15, -0.1) is 0 Å². The van der Waals surface area contributed by atoms with Gasteiger partial charge in [-0.25, -0.2) is 0 Å². The van der Waals surface area contributed by atoms with E-state index in [1.165, 1.54) is 50.0 Å². The summed E-state index contributed by atoms with van der Waals surface area (Å²) in [5.74, 6) is 0. The molecule has 0 fully saturated rings. The summed E-state index contributed by atoms with van der Waals surface area (Å²) in [6.07, 6.45) is 2.21. The van der Waals surface area contributed by atoms with Gasteiger partial charge in [-0.05, 0) is 58.6 Å². The molecule has 0 atom stereocenters. The van der Waals surface area contributed by atoms with Crippen molar-refractivity contribution < 1.29 is 0 Å². The van der Waals surface area contributed by atoms with Gasteiger partial charge >= 0.3 is 0 Å². The number of fused-ring (bicyclic) bond motifs is 3. The summed E-state index contributed by atoms with van der Waals surface area (Å²) in [5.41, 5.74) is 10.4. The highest BCUT2D eigenvalue weighted by Crippen LogP contribution is 2.40. The van der Waals surface area contributed by atoms with Gasteiger partial charge in [-0.3, -0.25) is 0 Å². The maximum atomic E-state index is 2.48. The first kappa shape index (κ1) is 21.5. The molecule has 0 N–H and O–H groups in total. The average Bonchev–Trinajstić information content (AvgIpc) is 3.09. The van der Waals surface area contributed by atoms with Crippen molar-refractivity contribution in [2.24, 2.45) is 0 Å². The van der Waals surface area contributed by atoms with Crippen molar-refractivity contribution in [3.8, 4) is 22.3 Å². The highest BCUT2D eigenvalue weighted by molar-refractivity contribution is 7.03. The maximum absolute atomic E-state index is 2.48. The molecule has 0 spiro atoms. The van der Waals surface area contributed by atoms with E-state index in [0.717, 1.165) is 0 Å². The van der Waals surface area contributed by atoms with Crippen LogP contribution >= 0.6 is 0 Å². The molecule has 0 aromatic heterocycles. The topological polar surface area (TPSA) is 3.24 Å². The number of benzene rings is 4. The first-order valence-electron chi connectivity index (χ1n) is 11.7. The Morgan fingerprint density at radius 2 is 1.39 bits per heavy atom. The molecule has 1 nitrogen and oxygen atoms in total. The summed E-state index contributed by atoms with van der Waals surface area (Å²) in [6.45, 7) is 9.29. The van der Waals surface area contributed by atoms with Crippen LogP contribution in [-0.2, 0) is 0 Å². The lowest BCUT2D eigenvalue weighted by molar-refractivity contribution is 1.20. The third kappa shape index (κ3) is 3.46. The van der Waals surface area contributed by atoms with Gasteiger partial charge in [0.15, 0.2) is 0 Å². The van der Waals surface area contributed by atoms with Crippen molar-refractivity contribution in [3.05, 3.63) is 103 Å². The zero-order chi connectivity index (χ0) is 23.2. The molecule has 4 aromatic rings. The number of hydrogen-bond acceptors (Lipinski definition) is 1. The molecular formula is C31H31NSi. The summed E-state index contributed by atoms with van der Waals surface area (Å²) < 4.78 is 0. The highest BCUT2D eigenvalue weighted by Gasteiger charge is 2.37. The fraction of sp³-hybridized carbons (Fsp3) is 0.161. The lowest BCUT2D eigenvalue weighted by atomic mass is 9.95. The SMILES string of the molecule is C/C=C(\C)c1cccc(-c2ccccc2)c1N(C)c1ccc2c(c1)[Si](C)(C)c1ccccc1-2. The van der Waals surface area contributed by atoms with Gasteiger partial charge in [-0.1, -0.05) is 98.0 Å². The van der Waals surface area contributed by atoms with Gasteiger partial charge < -0.3 is 4.90 Å². The highest BCUT2D eigenvalue weighted by atomic mass is 28.3. The number of nitrogens with zero attached hydrogens (tertiary/aromatic N) is 1. The molecule has 0 radical (unpaired) electrons. The Hall–Kier alpha value is -3.36. The summed E-state index contributed by atoms with van der Waals surface area (Å²) in [5, 5.41) is 3.09. The van der Waals surface area contributed by atoms with Crippen LogP contribution < -0.4 is 15.3 Å². The summed E-state index contributed by atoms with van der Waals surface area (Å²) >= 11 is 0. The number of allylic oxidation sites excluding steroid dienone is 2. The Balaban J connectivity index is 1.69. The molecule has 0 amide bonds. The molecule has 1 heterocycles. The van der Waals surface area contributed by atoms with E-state index in [-0.39, 0.29) is 0 Å². The fourth-order valence-electron chi connectivity index (χ4n) is 5.26. The molecule has 0 saturated carbocycles. The first-order chi connectivity index (χ1) is 15.9. The molecule has 164 valence electrons. The van der Waals surface area contributed by atoms with E-state index in [2.05, 4.69) is 136 Å². The second-order valence-corrected chi connectivity index (χ2v) is 13.8. The third-order valence-electron chi connectivity index (χ3n) is 7.27. The normalized spacial score (nSPS) is 14.0. The van der Waals surface area contributed by atoms with E-state index in [9.17, 15) is 0 Å². The molecule has 4 aromatic carbocycles. The minimum Gasteiger partial charge on any atom is -0.344 e. The molecule has 2 heteroatoms. The minimum atomic E-state index is -1.72. The monoisotopic (exact) mass is 445 g/mol. The Morgan fingerprint density at radius 1 is 0.727 bits per heavy atom. The molecule has 0 unspecified atom stereocenters. The Bertz CT molecular complexity index is 1370.